The first-order chi connectivity index (χ1) is 10.4. The topological polar surface area (TPSA) is 74.8 Å². The molecule has 0 spiro atoms. The molecule has 0 aliphatic rings. The van der Waals surface area contributed by atoms with Crippen molar-refractivity contribution in [2.24, 2.45) is 0 Å². The molecule has 0 aliphatic heterocycles. The minimum absolute atomic E-state index is 0.119. The van der Waals surface area contributed by atoms with E-state index in [9.17, 15) is 9.59 Å². The summed E-state index contributed by atoms with van der Waals surface area (Å²) in [7, 11) is 0. The van der Waals surface area contributed by atoms with Crippen LogP contribution >= 0.6 is 11.8 Å². The summed E-state index contributed by atoms with van der Waals surface area (Å²) in [6.45, 7) is 7.76. The fourth-order valence-corrected chi connectivity index (χ4v) is 3.02. The molecule has 1 atom stereocenters. The van der Waals surface area contributed by atoms with E-state index in [1.54, 1.807) is 6.92 Å². The maximum Gasteiger partial charge on any atom is 0.251 e. The van der Waals surface area contributed by atoms with E-state index >= 15 is 0 Å². The van der Waals surface area contributed by atoms with Crippen LogP contribution in [0.2, 0.25) is 0 Å². The molecular weight excluding hydrogens is 298 g/mol. The van der Waals surface area contributed by atoms with Gasteiger partial charge in [0.2, 0.25) is 5.91 Å². The smallest absolute Gasteiger partial charge is 0.251 e. The molecule has 1 aromatic carbocycles. The van der Waals surface area contributed by atoms with E-state index in [0.29, 0.717) is 5.16 Å². The number of amides is 1. The summed E-state index contributed by atoms with van der Waals surface area (Å²) in [6.07, 6.45) is 1.43. The van der Waals surface area contributed by atoms with Gasteiger partial charge in [-0.1, -0.05) is 29.5 Å². The lowest BCUT2D eigenvalue weighted by Crippen LogP contribution is -2.24. The van der Waals surface area contributed by atoms with Gasteiger partial charge in [0, 0.05) is 18.0 Å². The van der Waals surface area contributed by atoms with E-state index in [4.69, 9.17) is 0 Å². The van der Waals surface area contributed by atoms with Gasteiger partial charge in [-0.15, -0.1) is 0 Å². The van der Waals surface area contributed by atoms with Crippen molar-refractivity contribution in [3.05, 3.63) is 51.4 Å². The van der Waals surface area contributed by atoms with Crippen molar-refractivity contribution in [1.82, 2.24) is 9.97 Å². The number of H-pyrrole nitrogens is 1. The van der Waals surface area contributed by atoms with Crippen LogP contribution < -0.4 is 10.9 Å². The summed E-state index contributed by atoms with van der Waals surface area (Å²) < 4.78 is 0. The highest BCUT2D eigenvalue weighted by atomic mass is 32.2. The number of aryl methyl sites for hydroxylation is 3. The number of rotatable bonds is 4. The minimum atomic E-state index is -0.370. The Balaban J connectivity index is 2.10. The number of aromatic nitrogens is 2. The second-order valence-corrected chi connectivity index (χ2v) is 6.59. The van der Waals surface area contributed by atoms with Gasteiger partial charge < -0.3 is 10.3 Å². The van der Waals surface area contributed by atoms with E-state index < -0.39 is 0 Å². The van der Waals surface area contributed by atoms with Crippen LogP contribution in [0.25, 0.3) is 0 Å². The second kappa shape index (κ2) is 6.79. The first kappa shape index (κ1) is 16.3. The Morgan fingerprint density at radius 2 is 1.91 bits per heavy atom. The zero-order chi connectivity index (χ0) is 16.3. The quantitative estimate of drug-likeness (QED) is 0.671. The number of benzene rings is 1. The lowest BCUT2D eigenvalue weighted by atomic mass is 10.1. The molecule has 0 aliphatic carbocycles. The zero-order valence-electron chi connectivity index (χ0n) is 13.1. The number of nitrogens with zero attached hydrogens (tertiary/aromatic N) is 1. The standard InChI is InChI=1S/C16H19N3O2S/c1-9-7-10(2)14(11(3)8-9)19-15(21)12(4)22-16-17-6-5-13(20)18-16/h5-8,12H,1-4H3,(H,19,21)(H,17,18,20)/t12-/m1/s1. The lowest BCUT2D eigenvalue weighted by Gasteiger charge is -2.15. The molecule has 2 rings (SSSR count). The van der Waals surface area contributed by atoms with Gasteiger partial charge in [0.25, 0.3) is 5.56 Å². The summed E-state index contributed by atoms with van der Waals surface area (Å²) in [5, 5.41) is 3.03. The molecule has 5 nitrogen and oxygen atoms in total. The molecule has 22 heavy (non-hydrogen) atoms. The van der Waals surface area contributed by atoms with Crippen LogP contribution in [-0.2, 0) is 4.79 Å². The van der Waals surface area contributed by atoms with Gasteiger partial charge in [-0.2, -0.15) is 0 Å². The summed E-state index contributed by atoms with van der Waals surface area (Å²) in [6, 6.07) is 5.42. The van der Waals surface area contributed by atoms with Gasteiger partial charge in [0.05, 0.1) is 5.25 Å². The maximum absolute atomic E-state index is 12.3. The molecule has 0 saturated carbocycles. The average molecular weight is 317 g/mol. The van der Waals surface area contributed by atoms with Crippen molar-refractivity contribution < 1.29 is 4.79 Å². The van der Waals surface area contributed by atoms with Gasteiger partial charge in [-0.25, -0.2) is 4.98 Å². The van der Waals surface area contributed by atoms with Gasteiger partial charge in [0.1, 0.15) is 0 Å². The van der Waals surface area contributed by atoms with E-state index in [0.717, 1.165) is 16.8 Å². The number of hydrogen-bond donors (Lipinski definition) is 2. The van der Waals surface area contributed by atoms with Crippen LogP contribution in [0.3, 0.4) is 0 Å². The number of carbonyl (C=O) groups excluding carboxylic acids is 1. The van der Waals surface area contributed by atoms with Crippen molar-refractivity contribution >= 4 is 23.4 Å². The predicted molar refractivity (Wildman–Crippen MR) is 89.5 cm³/mol. The number of hydrogen-bond acceptors (Lipinski definition) is 4. The molecule has 0 radical (unpaired) electrons. The van der Waals surface area contributed by atoms with Crippen molar-refractivity contribution in [1.29, 1.82) is 0 Å². The third-order valence-electron chi connectivity index (χ3n) is 3.23. The number of anilines is 1. The molecule has 6 heteroatoms. The highest BCUT2D eigenvalue weighted by molar-refractivity contribution is 8.00. The minimum Gasteiger partial charge on any atom is -0.325 e. The molecule has 1 aromatic heterocycles. The Kier molecular flexibility index (Phi) is 5.03. The van der Waals surface area contributed by atoms with Gasteiger partial charge >= 0.3 is 0 Å². The normalized spacial score (nSPS) is 12.0. The average Bonchev–Trinajstić information content (AvgIpc) is 2.42. The predicted octanol–water partition coefficient (Wildman–Crippen LogP) is 2.81. The summed E-state index contributed by atoms with van der Waals surface area (Å²) in [5.74, 6) is -0.119. The number of thioether (sulfide) groups is 1. The maximum atomic E-state index is 12.3. The van der Waals surface area contributed by atoms with E-state index in [1.807, 2.05) is 32.9 Å². The molecule has 116 valence electrons. The largest absolute Gasteiger partial charge is 0.325 e. The first-order valence-electron chi connectivity index (χ1n) is 6.97. The first-order valence-corrected chi connectivity index (χ1v) is 7.85. The monoisotopic (exact) mass is 317 g/mol. The highest BCUT2D eigenvalue weighted by Gasteiger charge is 2.17. The molecule has 0 unspecified atom stereocenters. The molecular formula is C16H19N3O2S. The Morgan fingerprint density at radius 1 is 1.27 bits per heavy atom. The molecule has 2 N–H and O–H groups in total. The number of carbonyl (C=O) groups is 1. The van der Waals surface area contributed by atoms with Crippen LogP contribution in [0.15, 0.2) is 34.3 Å². The molecule has 0 saturated heterocycles. The molecule has 1 amide bonds. The van der Waals surface area contributed by atoms with E-state index in [1.165, 1.54) is 29.6 Å². The summed E-state index contributed by atoms with van der Waals surface area (Å²) >= 11 is 1.22. The van der Waals surface area contributed by atoms with E-state index in [-0.39, 0.29) is 16.7 Å². The number of aromatic amines is 1. The van der Waals surface area contributed by atoms with Crippen LogP contribution in [0.4, 0.5) is 5.69 Å². The van der Waals surface area contributed by atoms with E-state index in [2.05, 4.69) is 15.3 Å². The van der Waals surface area contributed by atoms with Crippen LogP contribution in [0, 0.1) is 20.8 Å². The number of nitrogens with one attached hydrogen (secondary N) is 2. The van der Waals surface area contributed by atoms with Gasteiger partial charge in [0.15, 0.2) is 5.16 Å². The third kappa shape index (κ3) is 3.98. The van der Waals surface area contributed by atoms with Crippen molar-refractivity contribution in [3.8, 4) is 0 Å². The van der Waals surface area contributed by atoms with Gasteiger partial charge in [-0.05, 0) is 38.8 Å². The summed E-state index contributed by atoms with van der Waals surface area (Å²) in [4.78, 5) is 30.2. The molecule has 1 heterocycles. The molecule has 0 bridgehead atoms. The Bertz CT molecular complexity index is 732. The third-order valence-corrected chi connectivity index (χ3v) is 4.23. The fraction of sp³-hybridized carbons (Fsp3) is 0.312. The SMILES string of the molecule is Cc1cc(C)c(NC(=O)[C@@H](C)Sc2nccc(=O)[nH]2)c(C)c1. The lowest BCUT2D eigenvalue weighted by molar-refractivity contribution is -0.115. The van der Waals surface area contributed by atoms with Crippen molar-refractivity contribution in [3.63, 3.8) is 0 Å². The van der Waals surface area contributed by atoms with Crippen LogP contribution in [-0.4, -0.2) is 21.1 Å². The van der Waals surface area contributed by atoms with Gasteiger partial charge in [-0.3, -0.25) is 9.59 Å². The Labute approximate surface area is 133 Å². The van der Waals surface area contributed by atoms with Crippen LogP contribution in [0.5, 0.6) is 0 Å². The fourth-order valence-electron chi connectivity index (χ4n) is 2.23. The highest BCUT2D eigenvalue weighted by Crippen LogP contribution is 2.24. The van der Waals surface area contributed by atoms with Crippen LogP contribution in [0.1, 0.15) is 23.6 Å². The summed E-state index contributed by atoms with van der Waals surface area (Å²) in [5.41, 5.74) is 3.86. The second-order valence-electron chi connectivity index (χ2n) is 5.26. The Morgan fingerprint density at radius 3 is 2.50 bits per heavy atom. The van der Waals surface area contributed by atoms with Crippen molar-refractivity contribution in [2.75, 3.05) is 5.32 Å². The zero-order valence-corrected chi connectivity index (χ0v) is 13.9. The molecule has 0 fully saturated rings. The van der Waals surface area contributed by atoms with Crippen molar-refractivity contribution in [2.45, 2.75) is 38.1 Å². The molecule has 2 aromatic rings. The Hall–Kier alpha value is -2.08.